The fraction of sp³-hybridized carbons (Fsp3) is 0. The summed E-state index contributed by atoms with van der Waals surface area (Å²) in [6.07, 6.45) is 7.39. The van der Waals surface area contributed by atoms with Crippen LogP contribution >= 0.6 is 0 Å². The van der Waals surface area contributed by atoms with Crippen LogP contribution in [0.25, 0.3) is 234 Å². The van der Waals surface area contributed by atoms with Crippen molar-refractivity contribution in [1.29, 1.82) is 0 Å². The maximum absolute atomic E-state index is 5.08. The monoisotopic (exact) mass is 1840 g/mol. The molecule has 4 aromatic heterocycles. The van der Waals surface area contributed by atoms with Crippen LogP contribution < -0.4 is 0 Å². The van der Waals surface area contributed by atoms with Crippen LogP contribution in [0.4, 0.5) is 0 Å². The Morgan fingerprint density at radius 3 is 0.417 bits per heavy atom. The van der Waals surface area contributed by atoms with E-state index >= 15 is 0 Å². The van der Waals surface area contributed by atoms with Crippen LogP contribution in [0.1, 0.15) is 0 Å². The number of nitrogens with zero attached hydrogens (tertiary/aromatic N) is 5. The Bertz CT molecular complexity index is 6880. The van der Waals surface area contributed by atoms with Gasteiger partial charge in [0.1, 0.15) is 0 Å². The molecule has 4 heterocycles. The van der Waals surface area contributed by atoms with E-state index < -0.39 is 0 Å². The molecule has 144 heavy (non-hydrogen) atoms. The molecule has 5 nitrogen and oxygen atoms in total. The zero-order valence-corrected chi connectivity index (χ0v) is 79.2. The van der Waals surface area contributed by atoms with Crippen molar-refractivity contribution in [3.8, 4) is 234 Å². The van der Waals surface area contributed by atoms with Gasteiger partial charge in [0, 0.05) is 52.6 Å². The zero-order valence-electron chi connectivity index (χ0n) is 79.2. The SMILES string of the molecule is c1ccc(-c2cc(-c3ccccc3)cc(-c3cccc(-c4cccc(-c5cc(-c6ccccc6)nc(-c6ccccc6)c5)c4)c3)c2)cc1.c1ccc(-c2cc(-c3ccccc3)cc(-c3cccc(-c4cccc(-c5cc(-c6ccncc6)cc(-c6ccncc6)c5)c4)c3)c2)cc1.c1ccc(-c2cc(-c3ccccc3)cc(-c3cccc(-c4cccc(-c5nc(-c6ccccc6)cc(-c6ccccc6)n5)c4)c3)c2)cc1. The summed E-state index contributed by atoms with van der Waals surface area (Å²) in [5.41, 5.74) is 46.8. The van der Waals surface area contributed by atoms with Gasteiger partial charge in [-0.2, -0.15) is 0 Å². The molecule has 20 aromatic carbocycles. The van der Waals surface area contributed by atoms with Crippen molar-refractivity contribution in [2.24, 2.45) is 0 Å². The highest BCUT2D eigenvalue weighted by molar-refractivity contribution is 5.91. The Hall–Kier alpha value is -19.1. The van der Waals surface area contributed by atoms with Crippen molar-refractivity contribution in [2.75, 3.05) is 0 Å². The smallest absolute Gasteiger partial charge is 0.160 e. The van der Waals surface area contributed by atoms with Crippen molar-refractivity contribution in [2.45, 2.75) is 0 Å². The van der Waals surface area contributed by atoms with E-state index in [-0.39, 0.29) is 0 Å². The summed E-state index contributed by atoms with van der Waals surface area (Å²) >= 11 is 0. The van der Waals surface area contributed by atoms with Crippen molar-refractivity contribution >= 4 is 0 Å². The lowest BCUT2D eigenvalue weighted by atomic mass is 9.91. The molecule has 24 aromatic rings. The first-order valence-corrected chi connectivity index (χ1v) is 48.8. The molecule has 0 bridgehead atoms. The first-order chi connectivity index (χ1) is 71.3. The van der Waals surface area contributed by atoms with Crippen LogP contribution in [0, 0.1) is 0 Å². The Morgan fingerprint density at radius 2 is 0.215 bits per heavy atom. The van der Waals surface area contributed by atoms with Gasteiger partial charge in [0.2, 0.25) is 0 Å². The van der Waals surface area contributed by atoms with Gasteiger partial charge in [-0.15, -0.1) is 0 Å². The minimum absolute atomic E-state index is 0.705. The third kappa shape index (κ3) is 21.3. The molecule has 0 saturated carbocycles. The Morgan fingerprint density at radius 1 is 0.0833 bits per heavy atom. The predicted molar refractivity (Wildman–Crippen MR) is 602 cm³/mol. The van der Waals surface area contributed by atoms with Gasteiger partial charge < -0.3 is 0 Å². The Kier molecular flexibility index (Phi) is 26.8. The van der Waals surface area contributed by atoms with Crippen LogP contribution in [0.5, 0.6) is 0 Å². The second-order valence-electron chi connectivity index (χ2n) is 35.9. The van der Waals surface area contributed by atoms with Crippen LogP contribution in [0.15, 0.2) is 589 Å². The van der Waals surface area contributed by atoms with Crippen LogP contribution in [-0.4, -0.2) is 24.9 Å². The van der Waals surface area contributed by atoms with Gasteiger partial charge in [0.15, 0.2) is 5.82 Å². The molecular weight excluding hydrogens is 1740 g/mol. The maximum atomic E-state index is 5.08. The standard InChI is InChI=1S/C47H33N.2C46H32N2/c1-5-15-34(16-6-1)42-29-43(35-17-7-2-8-18-35)31-44(30-42)40-25-13-23-38(27-40)39-24-14-26-41(28-39)45-32-46(36-19-9-3-10-20-36)48-47(33-45)37-21-11-4-12-22-37;1-5-15-33(16-6-1)41-29-42(34-17-7-2-8-18-34)31-43(30-41)39-25-13-23-37(27-39)38-24-14-26-40(28-38)46-47-44(35-19-9-3-10-20-35)32-45(48-46)36-21-11-4-12-22-36;1-3-9-33(10-4-1)41-27-42(34-11-5-2-6-12-34)30-45(29-41)39-15-7-13-37(25-39)38-14-8-16-40(26-38)46-31-43(35-17-21-47-22-18-35)28-44(32-46)36-19-23-48-24-20-36/h1-33H;2*1-32H. The molecule has 24 rings (SSSR count). The molecule has 5 heteroatoms. The number of aromatic nitrogens is 5. The molecule has 0 N–H and O–H groups in total. The number of pyridine rings is 3. The van der Waals surface area contributed by atoms with E-state index in [1.54, 1.807) is 0 Å². The highest BCUT2D eigenvalue weighted by atomic mass is 14.9. The van der Waals surface area contributed by atoms with Crippen LogP contribution in [0.3, 0.4) is 0 Å². The normalized spacial score (nSPS) is 10.9. The molecule has 0 fully saturated rings. The van der Waals surface area contributed by atoms with E-state index in [0.717, 1.165) is 101 Å². The molecule has 0 radical (unpaired) electrons. The van der Waals surface area contributed by atoms with Crippen LogP contribution in [0.2, 0.25) is 0 Å². The highest BCUT2D eigenvalue weighted by Crippen LogP contribution is 2.44. The zero-order chi connectivity index (χ0) is 96.4. The second-order valence-corrected chi connectivity index (χ2v) is 35.9. The Labute approximate surface area is 842 Å². The molecule has 0 aliphatic carbocycles. The average Bonchev–Trinajstić information content (AvgIpc) is 0.817. The molecule has 0 saturated heterocycles. The second kappa shape index (κ2) is 42.9. The molecule has 0 aliphatic heterocycles. The van der Waals surface area contributed by atoms with Gasteiger partial charge in [-0.1, -0.05) is 413 Å². The van der Waals surface area contributed by atoms with E-state index in [2.05, 4.69) is 526 Å². The lowest BCUT2D eigenvalue weighted by Crippen LogP contribution is -1.96. The fourth-order valence-corrected chi connectivity index (χ4v) is 18.9. The number of benzene rings is 20. The summed E-state index contributed by atoms with van der Waals surface area (Å²) < 4.78 is 0. The Balaban J connectivity index is 0.000000123. The lowest BCUT2D eigenvalue weighted by Gasteiger charge is -2.14. The predicted octanol–water partition coefficient (Wildman–Crippen LogP) is 37.0. The van der Waals surface area contributed by atoms with E-state index in [1.807, 2.05) is 73.3 Å². The third-order valence-electron chi connectivity index (χ3n) is 26.3. The summed E-state index contributed by atoms with van der Waals surface area (Å²) in [6.45, 7) is 0. The topological polar surface area (TPSA) is 64.5 Å². The first kappa shape index (κ1) is 90.1. The van der Waals surface area contributed by atoms with Gasteiger partial charge in [0.05, 0.1) is 22.8 Å². The van der Waals surface area contributed by atoms with E-state index in [0.29, 0.717) is 5.82 Å². The number of rotatable bonds is 21. The summed E-state index contributed by atoms with van der Waals surface area (Å²) in [4.78, 5) is 23.7. The lowest BCUT2D eigenvalue weighted by molar-refractivity contribution is 1.18. The maximum Gasteiger partial charge on any atom is 0.160 e. The highest BCUT2D eigenvalue weighted by Gasteiger charge is 2.20. The molecule has 0 unspecified atom stereocenters. The van der Waals surface area contributed by atoms with E-state index in [9.17, 15) is 0 Å². The van der Waals surface area contributed by atoms with Crippen molar-refractivity contribution in [1.82, 2.24) is 24.9 Å². The minimum Gasteiger partial charge on any atom is -0.265 e. The summed E-state index contributed by atoms with van der Waals surface area (Å²) in [5.74, 6) is 0.705. The van der Waals surface area contributed by atoms with Gasteiger partial charge >= 0.3 is 0 Å². The molecule has 0 aliphatic rings. The van der Waals surface area contributed by atoms with E-state index in [4.69, 9.17) is 15.0 Å². The largest absolute Gasteiger partial charge is 0.265 e. The summed E-state index contributed by atoms with van der Waals surface area (Å²) in [7, 11) is 0. The molecular formula is C139H97N5. The first-order valence-electron chi connectivity index (χ1n) is 48.8. The van der Waals surface area contributed by atoms with Crippen LogP contribution in [-0.2, 0) is 0 Å². The number of hydrogen-bond donors (Lipinski definition) is 0. The molecule has 678 valence electrons. The number of hydrogen-bond acceptors (Lipinski definition) is 5. The minimum atomic E-state index is 0.705. The summed E-state index contributed by atoms with van der Waals surface area (Å²) in [6, 6.07) is 200. The molecule has 0 atom stereocenters. The van der Waals surface area contributed by atoms with Gasteiger partial charge in [-0.25, -0.2) is 15.0 Å². The van der Waals surface area contributed by atoms with Gasteiger partial charge in [-0.3, -0.25) is 9.97 Å². The van der Waals surface area contributed by atoms with Gasteiger partial charge in [-0.05, 0) is 330 Å². The molecule has 0 amide bonds. The quantitative estimate of drug-likeness (QED) is 0.0717. The van der Waals surface area contributed by atoms with Gasteiger partial charge in [0.25, 0.3) is 0 Å². The van der Waals surface area contributed by atoms with Crippen molar-refractivity contribution in [3.05, 3.63) is 589 Å². The van der Waals surface area contributed by atoms with E-state index in [1.165, 1.54) is 128 Å². The average molecular weight is 1840 g/mol. The van der Waals surface area contributed by atoms with Crippen molar-refractivity contribution < 1.29 is 0 Å². The molecule has 0 spiro atoms. The summed E-state index contributed by atoms with van der Waals surface area (Å²) in [5, 5.41) is 0. The fourth-order valence-electron chi connectivity index (χ4n) is 18.9. The van der Waals surface area contributed by atoms with Crippen molar-refractivity contribution in [3.63, 3.8) is 0 Å². The third-order valence-corrected chi connectivity index (χ3v) is 26.3.